The molecule has 0 spiro atoms. The lowest BCUT2D eigenvalue weighted by Crippen LogP contribution is -2.35. The van der Waals surface area contributed by atoms with Gasteiger partial charge in [-0.3, -0.25) is 4.79 Å². The highest BCUT2D eigenvalue weighted by atomic mass is 35.5. The van der Waals surface area contributed by atoms with Crippen molar-refractivity contribution in [3.8, 4) is 0 Å². The molecule has 2 atom stereocenters. The second-order valence-corrected chi connectivity index (χ2v) is 9.15. The zero-order valence-corrected chi connectivity index (χ0v) is 17.9. The Hall–Kier alpha value is -2.75. The van der Waals surface area contributed by atoms with E-state index in [0.29, 0.717) is 16.7 Å². The lowest BCUT2D eigenvalue weighted by Gasteiger charge is -2.17. The van der Waals surface area contributed by atoms with Gasteiger partial charge in [-0.2, -0.15) is 4.98 Å². The zero-order chi connectivity index (χ0) is 21.6. The van der Waals surface area contributed by atoms with Gasteiger partial charge in [0.05, 0.1) is 23.2 Å². The van der Waals surface area contributed by atoms with Crippen LogP contribution in [0.5, 0.6) is 0 Å². The molecule has 0 saturated heterocycles. The van der Waals surface area contributed by atoms with Gasteiger partial charge in [-0.15, -0.1) is 0 Å². The summed E-state index contributed by atoms with van der Waals surface area (Å²) in [4.78, 5) is 24.9. The molecule has 0 radical (unpaired) electrons. The molecule has 154 valence electrons. The van der Waals surface area contributed by atoms with Crippen LogP contribution >= 0.6 is 23.2 Å². The highest BCUT2D eigenvalue weighted by molar-refractivity contribution is 7.90. The summed E-state index contributed by atoms with van der Waals surface area (Å²) in [5.74, 6) is -1.55. The van der Waals surface area contributed by atoms with Crippen LogP contribution in [0.1, 0.15) is 11.6 Å². The van der Waals surface area contributed by atoms with Gasteiger partial charge in [0.25, 0.3) is 10.0 Å². The van der Waals surface area contributed by atoms with E-state index in [4.69, 9.17) is 23.2 Å². The molecule has 2 heterocycles. The van der Waals surface area contributed by atoms with Crippen LogP contribution in [-0.2, 0) is 14.8 Å². The third-order valence-electron chi connectivity index (χ3n) is 4.77. The van der Waals surface area contributed by atoms with Gasteiger partial charge in [-0.05, 0) is 36.2 Å². The Labute approximate surface area is 182 Å². The van der Waals surface area contributed by atoms with Crippen LogP contribution in [0.3, 0.4) is 0 Å². The van der Waals surface area contributed by atoms with Crippen molar-refractivity contribution in [3.63, 3.8) is 0 Å². The molecular formula is C19H15Cl2N5O3S. The Bertz CT molecular complexity index is 1320. The standard InChI is InChI=1S/C19H15Cl2N5O3S/c1-10-3-5-12(6-4-10)30(28,29)25-18(27)13-7-8-14(11(13)2)26-9-22-15-16(20)23-19(21)24-17(15)26/h3-9,13-14H,2H2,1H3,(H,25,27). The van der Waals surface area contributed by atoms with Crippen molar-refractivity contribution < 1.29 is 13.2 Å². The van der Waals surface area contributed by atoms with Crippen molar-refractivity contribution in [3.05, 3.63) is 70.9 Å². The molecule has 3 aromatic rings. The van der Waals surface area contributed by atoms with Crippen molar-refractivity contribution >= 4 is 50.3 Å². The van der Waals surface area contributed by atoms with E-state index in [2.05, 4.69) is 26.3 Å². The van der Waals surface area contributed by atoms with E-state index in [9.17, 15) is 13.2 Å². The molecule has 0 aliphatic heterocycles. The summed E-state index contributed by atoms with van der Waals surface area (Å²) in [6, 6.07) is 5.72. The van der Waals surface area contributed by atoms with Crippen molar-refractivity contribution in [2.45, 2.75) is 17.9 Å². The molecular weight excluding hydrogens is 449 g/mol. The Morgan fingerprint density at radius 1 is 1.17 bits per heavy atom. The van der Waals surface area contributed by atoms with E-state index in [1.807, 2.05) is 6.92 Å². The number of benzene rings is 1. The summed E-state index contributed by atoms with van der Waals surface area (Å²) in [5.41, 5.74) is 2.10. The third-order valence-corrected chi connectivity index (χ3v) is 6.56. The van der Waals surface area contributed by atoms with E-state index in [1.165, 1.54) is 18.5 Å². The minimum atomic E-state index is -4.00. The van der Waals surface area contributed by atoms with E-state index in [-0.39, 0.29) is 15.3 Å². The molecule has 1 aliphatic rings. The van der Waals surface area contributed by atoms with Crippen LogP contribution in [0, 0.1) is 12.8 Å². The number of hydrogen-bond acceptors (Lipinski definition) is 6. The first kappa shape index (κ1) is 20.5. The number of nitrogens with zero attached hydrogens (tertiary/aromatic N) is 4. The fraction of sp³-hybridized carbons (Fsp3) is 0.158. The van der Waals surface area contributed by atoms with Crippen molar-refractivity contribution in [1.29, 1.82) is 0 Å². The number of aromatic nitrogens is 4. The second-order valence-electron chi connectivity index (χ2n) is 6.77. The molecule has 4 rings (SSSR count). The number of fused-ring (bicyclic) bond motifs is 1. The van der Waals surface area contributed by atoms with Crippen molar-refractivity contribution in [2.24, 2.45) is 5.92 Å². The van der Waals surface area contributed by atoms with Gasteiger partial charge in [0.2, 0.25) is 11.2 Å². The third kappa shape index (κ3) is 3.60. The number of carbonyl (C=O) groups excluding carboxylic acids is 1. The number of aryl methyl sites for hydroxylation is 1. The summed E-state index contributed by atoms with van der Waals surface area (Å²) in [7, 11) is -4.00. The Balaban J connectivity index is 1.57. The van der Waals surface area contributed by atoms with Gasteiger partial charge in [-0.1, -0.05) is 48.0 Å². The van der Waals surface area contributed by atoms with Gasteiger partial charge < -0.3 is 4.57 Å². The fourth-order valence-electron chi connectivity index (χ4n) is 3.21. The number of nitrogens with one attached hydrogen (secondary N) is 1. The number of halogens is 2. The van der Waals surface area contributed by atoms with E-state index < -0.39 is 27.9 Å². The van der Waals surface area contributed by atoms with Gasteiger partial charge in [0, 0.05) is 0 Å². The monoisotopic (exact) mass is 463 g/mol. The highest BCUT2D eigenvalue weighted by Gasteiger charge is 2.33. The van der Waals surface area contributed by atoms with Crippen LogP contribution in [0.15, 0.2) is 59.8 Å². The maximum absolute atomic E-state index is 12.7. The molecule has 30 heavy (non-hydrogen) atoms. The molecule has 8 nitrogen and oxygen atoms in total. The predicted molar refractivity (Wildman–Crippen MR) is 113 cm³/mol. The summed E-state index contributed by atoms with van der Waals surface area (Å²) in [5, 5.41) is 0.0650. The zero-order valence-electron chi connectivity index (χ0n) is 15.6. The highest BCUT2D eigenvalue weighted by Crippen LogP contribution is 2.35. The van der Waals surface area contributed by atoms with Crippen molar-refractivity contribution in [1.82, 2.24) is 24.2 Å². The average Bonchev–Trinajstić information content (AvgIpc) is 3.25. The van der Waals surface area contributed by atoms with Gasteiger partial charge in [0.1, 0.15) is 5.52 Å². The molecule has 1 aliphatic carbocycles. The minimum Gasteiger partial charge on any atom is -0.304 e. The van der Waals surface area contributed by atoms with E-state index in [1.54, 1.807) is 28.9 Å². The molecule has 2 aromatic heterocycles. The van der Waals surface area contributed by atoms with Gasteiger partial charge >= 0.3 is 0 Å². The topological polar surface area (TPSA) is 107 Å². The maximum Gasteiger partial charge on any atom is 0.264 e. The Morgan fingerprint density at radius 3 is 2.57 bits per heavy atom. The molecule has 2 unspecified atom stereocenters. The van der Waals surface area contributed by atoms with Crippen LogP contribution in [-0.4, -0.2) is 33.8 Å². The Morgan fingerprint density at radius 2 is 1.87 bits per heavy atom. The quantitative estimate of drug-likeness (QED) is 0.361. The Kier molecular flexibility index (Phi) is 5.13. The number of amides is 1. The second kappa shape index (κ2) is 7.50. The van der Waals surface area contributed by atoms with Crippen LogP contribution in [0.4, 0.5) is 0 Å². The molecule has 0 saturated carbocycles. The smallest absolute Gasteiger partial charge is 0.264 e. The molecule has 1 aromatic carbocycles. The number of hydrogen-bond donors (Lipinski definition) is 1. The van der Waals surface area contributed by atoms with Crippen LogP contribution in [0.2, 0.25) is 10.4 Å². The van der Waals surface area contributed by atoms with Gasteiger partial charge in [0.15, 0.2) is 10.8 Å². The first-order chi connectivity index (χ1) is 14.2. The van der Waals surface area contributed by atoms with Crippen LogP contribution < -0.4 is 4.72 Å². The lowest BCUT2D eigenvalue weighted by molar-refractivity contribution is -0.120. The number of rotatable bonds is 4. The number of allylic oxidation sites excluding steroid dienone is 1. The lowest BCUT2D eigenvalue weighted by atomic mass is 10.0. The normalized spacial score (nSPS) is 18.8. The van der Waals surface area contributed by atoms with Crippen LogP contribution in [0.25, 0.3) is 11.2 Å². The molecule has 11 heteroatoms. The molecule has 1 amide bonds. The van der Waals surface area contributed by atoms with Gasteiger partial charge in [-0.25, -0.2) is 23.1 Å². The summed E-state index contributed by atoms with van der Waals surface area (Å²) in [6.07, 6.45) is 4.80. The predicted octanol–water partition coefficient (Wildman–Crippen LogP) is 3.23. The average molecular weight is 464 g/mol. The van der Waals surface area contributed by atoms with E-state index in [0.717, 1.165) is 5.56 Å². The number of sulfonamides is 1. The summed E-state index contributed by atoms with van der Waals surface area (Å²) in [6.45, 7) is 5.82. The molecule has 0 bridgehead atoms. The molecule has 0 fully saturated rings. The van der Waals surface area contributed by atoms with E-state index >= 15 is 0 Å². The number of imidazole rings is 1. The SMILES string of the molecule is C=C1C(C(=O)NS(=O)(=O)c2ccc(C)cc2)C=CC1n1cnc2c(Cl)nc(Cl)nc21. The fourth-order valence-corrected chi connectivity index (χ4v) is 4.63. The molecule has 1 N–H and O–H groups in total. The van der Waals surface area contributed by atoms with Crippen molar-refractivity contribution in [2.75, 3.05) is 0 Å². The minimum absolute atomic E-state index is 0.00664. The first-order valence-corrected chi connectivity index (χ1v) is 11.0. The summed E-state index contributed by atoms with van der Waals surface area (Å²) >= 11 is 12.0. The number of carbonyl (C=O) groups is 1. The largest absolute Gasteiger partial charge is 0.304 e. The first-order valence-electron chi connectivity index (χ1n) is 8.73. The summed E-state index contributed by atoms with van der Waals surface area (Å²) < 4.78 is 28.8. The maximum atomic E-state index is 12.7.